The summed E-state index contributed by atoms with van der Waals surface area (Å²) >= 11 is 5.91. The van der Waals surface area contributed by atoms with E-state index in [0.717, 1.165) is 22.8 Å². The van der Waals surface area contributed by atoms with Crippen LogP contribution in [0.5, 0.6) is 0 Å². The maximum Gasteiger partial charge on any atom is 0.0455 e. The van der Waals surface area contributed by atoms with Gasteiger partial charge < -0.3 is 5.32 Å². The second-order valence-electron chi connectivity index (χ2n) is 2.49. The molecule has 1 aromatic carbocycles. The minimum Gasteiger partial charge on any atom is -0.385 e. The summed E-state index contributed by atoms with van der Waals surface area (Å²) < 4.78 is 0. The van der Waals surface area contributed by atoms with Gasteiger partial charge in [0, 0.05) is 17.3 Å². The van der Waals surface area contributed by atoms with Crippen molar-refractivity contribution in [3.8, 4) is 0 Å². The van der Waals surface area contributed by atoms with Gasteiger partial charge in [-0.05, 0) is 31.5 Å². The molecule has 1 rings (SSSR count). The van der Waals surface area contributed by atoms with Gasteiger partial charge in [-0.25, -0.2) is 0 Å². The van der Waals surface area contributed by atoms with Gasteiger partial charge in [0.2, 0.25) is 0 Å². The summed E-state index contributed by atoms with van der Waals surface area (Å²) in [6.45, 7) is 4.99. The van der Waals surface area contributed by atoms with Crippen LogP contribution in [-0.4, -0.2) is 6.54 Å². The van der Waals surface area contributed by atoms with Crippen molar-refractivity contribution in [2.24, 2.45) is 0 Å². The number of benzene rings is 1. The molecular formula is C9H12ClN. The van der Waals surface area contributed by atoms with Crippen LogP contribution in [-0.2, 0) is 0 Å². The molecule has 0 atom stereocenters. The van der Waals surface area contributed by atoms with E-state index >= 15 is 0 Å². The van der Waals surface area contributed by atoms with Crippen LogP contribution in [0.3, 0.4) is 0 Å². The molecule has 1 nitrogen and oxygen atoms in total. The van der Waals surface area contributed by atoms with E-state index in [-0.39, 0.29) is 0 Å². The van der Waals surface area contributed by atoms with E-state index in [1.54, 1.807) is 0 Å². The summed E-state index contributed by atoms with van der Waals surface area (Å²) in [5.41, 5.74) is 2.21. The van der Waals surface area contributed by atoms with Crippen molar-refractivity contribution in [2.45, 2.75) is 13.8 Å². The van der Waals surface area contributed by atoms with E-state index < -0.39 is 0 Å². The minimum atomic E-state index is 0.823. The first kappa shape index (κ1) is 8.41. The van der Waals surface area contributed by atoms with Crippen molar-refractivity contribution in [3.63, 3.8) is 0 Å². The number of anilines is 1. The Morgan fingerprint density at radius 1 is 1.45 bits per heavy atom. The molecule has 1 N–H and O–H groups in total. The lowest BCUT2D eigenvalue weighted by Crippen LogP contribution is -1.95. The Morgan fingerprint density at radius 2 is 2.18 bits per heavy atom. The smallest absolute Gasteiger partial charge is 0.0455 e. The van der Waals surface area contributed by atoms with Crippen LogP contribution in [0.15, 0.2) is 18.2 Å². The lowest BCUT2D eigenvalue weighted by atomic mass is 10.2. The van der Waals surface area contributed by atoms with Crippen molar-refractivity contribution in [2.75, 3.05) is 11.9 Å². The molecule has 0 radical (unpaired) electrons. The zero-order chi connectivity index (χ0) is 8.27. The normalized spacial score (nSPS) is 9.73. The standard InChI is InChI=1S/C9H12ClN/c1-3-11-8-5-4-7(2)9(10)6-8/h4-6,11H,3H2,1-2H3. The van der Waals surface area contributed by atoms with Gasteiger partial charge in [-0.2, -0.15) is 0 Å². The van der Waals surface area contributed by atoms with Crippen LogP contribution < -0.4 is 5.32 Å². The predicted octanol–water partition coefficient (Wildman–Crippen LogP) is 3.08. The summed E-state index contributed by atoms with van der Waals surface area (Å²) in [4.78, 5) is 0. The topological polar surface area (TPSA) is 12.0 Å². The fourth-order valence-corrected chi connectivity index (χ4v) is 1.09. The highest BCUT2D eigenvalue weighted by Gasteiger charge is 1.94. The lowest BCUT2D eigenvalue weighted by Gasteiger charge is -2.04. The number of halogens is 1. The van der Waals surface area contributed by atoms with Gasteiger partial charge >= 0.3 is 0 Å². The van der Waals surface area contributed by atoms with Crippen molar-refractivity contribution in [1.82, 2.24) is 0 Å². The molecular weight excluding hydrogens is 158 g/mol. The highest BCUT2D eigenvalue weighted by Crippen LogP contribution is 2.19. The molecule has 0 saturated carbocycles. The molecule has 0 fully saturated rings. The maximum atomic E-state index is 5.91. The van der Waals surface area contributed by atoms with Gasteiger partial charge in [0.15, 0.2) is 0 Å². The molecule has 0 unspecified atom stereocenters. The van der Waals surface area contributed by atoms with Crippen molar-refractivity contribution >= 4 is 17.3 Å². The minimum absolute atomic E-state index is 0.823. The molecule has 0 heterocycles. The molecule has 0 aliphatic carbocycles. The van der Waals surface area contributed by atoms with Crippen molar-refractivity contribution < 1.29 is 0 Å². The van der Waals surface area contributed by atoms with E-state index in [1.807, 2.05) is 25.1 Å². The first-order valence-electron chi connectivity index (χ1n) is 3.74. The third-order valence-corrected chi connectivity index (χ3v) is 1.96. The largest absolute Gasteiger partial charge is 0.385 e. The number of nitrogens with one attached hydrogen (secondary N) is 1. The van der Waals surface area contributed by atoms with Gasteiger partial charge in [0.1, 0.15) is 0 Å². The highest BCUT2D eigenvalue weighted by atomic mass is 35.5. The molecule has 60 valence electrons. The number of hydrogen-bond donors (Lipinski definition) is 1. The third kappa shape index (κ3) is 2.12. The molecule has 11 heavy (non-hydrogen) atoms. The quantitative estimate of drug-likeness (QED) is 0.718. The van der Waals surface area contributed by atoms with Crippen LogP contribution in [0.2, 0.25) is 5.02 Å². The molecule has 0 amide bonds. The summed E-state index contributed by atoms with van der Waals surface area (Å²) in [5, 5.41) is 4.01. The Kier molecular flexibility index (Phi) is 2.77. The van der Waals surface area contributed by atoms with Crippen LogP contribution in [0.1, 0.15) is 12.5 Å². The summed E-state index contributed by atoms with van der Waals surface area (Å²) in [6.07, 6.45) is 0. The zero-order valence-electron chi connectivity index (χ0n) is 6.82. The predicted molar refractivity (Wildman–Crippen MR) is 50.4 cm³/mol. The number of hydrogen-bond acceptors (Lipinski definition) is 1. The fraction of sp³-hybridized carbons (Fsp3) is 0.333. The van der Waals surface area contributed by atoms with Gasteiger partial charge in [-0.1, -0.05) is 17.7 Å². The monoisotopic (exact) mass is 169 g/mol. The maximum absolute atomic E-state index is 5.91. The van der Waals surface area contributed by atoms with E-state index in [2.05, 4.69) is 12.2 Å². The van der Waals surface area contributed by atoms with Gasteiger partial charge in [-0.15, -0.1) is 0 Å². The summed E-state index contributed by atoms with van der Waals surface area (Å²) in [6, 6.07) is 5.99. The average Bonchev–Trinajstić information content (AvgIpc) is 1.98. The molecule has 2 heteroatoms. The van der Waals surface area contributed by atoms with Crippen LogP contribution in [0.4, 0.5) is 5.69 Å². The SMILES string of the molecule is CCNc1ccc(C)c(Cl)c1. The van der Waals surface area contributed by atoms with E-state index in [4.69, 9.17) is 11.6 Å². The molecule has 0 bridgehead atoms. The van der Waals surface area contributed by atoms with Crippen LogP contribution >= 0.6 is 11.6 Å². The Bertz CT molecular complexity index is 245. The van der Waals surface area contributed by atoms with Crippen LogP contribution in [0.25, 0.3) is 0 Å². The van der Waals surface area contributed by atoms with Crippen molar-refractivity contribution in [3.05, 3.63) is 28.8 Å². The molecule has 1 aromatic rings. The molecule has 0 aliphatic heterocycles. The second kappa shape index (κ2) is 3.63. The van der Waals surface area contributed by atoms with Gasteiger partial charge in [0.25, 0.3) is 0 Å². The molecule has 0 spiro atoms. The van der Waals surface area contributed by atoms with E-state index in [1.165, 1.54) is 0 Å². The van der Waals surface area contributed by atoms with Crippen LogP contribution in [0, 0.1) is 6.92 Å². The second-order valence-corrected chi connectivity index (χ2v) is 2.90. The average molecular weight is 170 g/mol. The zero-order valence-corrected chi connectivity index (χ0v) is 7.57. The van der Waals surface area contributed by atoms with Crippen molar-refractivity contribution in [1.29, 1.82) is 0 Å². The molecule has 0 saturated heterocycles. The first-order valence-corrected chi connectivity index (χ1v) is 4.12. The van der Waals surface area contributed by atoms with E-state index in [9.17, 15) is 0 Å². The Labute approximate surface area is 72.4 Å². The number of aryl methyl sites for hydroxylation is 1. The van der Waals surface area contributed by atoms with Gasteiger partial charge in [-0.3, -0.25) is 0 Å². The third-order valence-electron chi connectivity index (χ3n) is 1.55. The molecule has 0 aliphatic rings. The van der Waals surface area contributed by atoms with E-state index in [0.29, 0.717) is 0 Å². The summed E-state index contributed by atoms with van der Waals surface area (Å²) in [7, 11) is 0. The molecule has 0 aromatic heterocycles. The van der Waals surface area contributed by atoms with Gasteiger partial charge in [0.05, 0.1) is 0 Å². The Balaban J connectivity index is 2.86. The Morgan fingerprint density at radius 3 is 2.73 bits per heavy atom. The summed E-state index contributed by atoms with van der Waals surface area (Å²) in [5.74, 6) is 0. The lowest BCUT2D eigenvalue weighted by molar-refractivity contribution is 1.21. The highest BCUT2D eigenvalue weighted by molar-refractivity contribution is 6.31. The number of rotatable bonds is 2. The fourth-order valence-electron chi connectivity index (χ4n) is 0.907. The first-order chi connectivity index (χ1) is 5.24. The Hall–Kier alpha value is -0.690.